The van der Waals surface area contributed by atoms with Crippen LogP contribution in [-0.2, 0) is 9.47 Å². The zero-order chi connectivity index (χ0) is 13.9. The van der Waals surface area contributed by atoms with E-state index in [0.29, 0.717) is 26.4 Å². The molecule has 0 atom stereocenters. The fourth-order valence-corrected chi connectivity index (χ4v) is 1.45. The number of nitrogens with one attached hydrogen (secondary N) is 1. The molecule has 0 unspecified atom stereocenters. The third-order valence-corrected chi connectivity index (χ3v) is 2.48. The number of carbonyl (C=O) groups excluding carboxylic acids is 1. The minimum atomic E-state index is -0.291. The van der Waals surface area contributed by atoms with Crippen molar-refractivity contribution < 1.29 is 19.4 Å². The highest BCUT2D eigenvalue weighted by molar-refractivity contribution is 5.96. The number of unbranched alkanes of at least 4 members (excludes halogenated alkanes) is 1. The highest BCUT2D eigenvalue weighted by Gasteiger charge is 2.09. The summed E-state index contributed by atoms with van der Waals surface area (Å²) in [4.78, 5) is 15.4. The predicted molar refractivity (Wildman–Crippen MR) is 70.2 cm³/mol. The van der Waals surface area contributed by atoms with E-state index in [9.17, 15) is 9.90 Å². The lowest BCUT2D eigenvalue weighted by molar-refractivity contribution is 0.0686. The van der Waals surface area contributed by atoms with Crippen molar-refractivity contribution in [1.82, 2.24) is 10.3 Å². The maximum absolute atomic E-state index is 11.7. The summed E-state index contributed by atoms with van der Waals surface area (Å²) in [5.74, 6) is -0.400. The highest BCUT2D eigenvalue weighted by Crippen LogP contribution is 2.13. The number of hydrogen-bond acceptors (Lipinski definition) is 5. The molecule has 6 nitrogen and oxygen atoms in total. The van der Waals surface area contributed by atoms with Crippen LogP contribution in [0, 0.1) is 0 Å². The molecule has 0 bridgehead atoms. The van der Waals surface area contributed by atoms with Crippen LogP contribution in [0.25, 0.3) is 0 Å². The quantitative estimate of drug-likeness (QED) is 0.652. The van der Waals surface area contributed by atoms with Crippen molar-refractivity contribution in [2.45, 2.75) is 12.8 Å². The van der Waals surface area contributed by atoms with Crippen LogP contribution in [0.15, 0.2) is 18.5 Å². The molecule has 0 radical (unpaired) electrons. The van der Waals surface area contributed by atoms with Crippen LogP contribution < -0.4 is 5.32 Å². The zero-order valence-electron chi connectivity index (χ0n) is 11.1. The van der Waals surface area contributed by atoms with Gasteiger partial charge in [0, 0.05) is 26.5 Å². The van der Waals surface area contributed by atoms with Crippen LogP contribution >= 0.6 is 0 Å². The summed E-state index contributed by atoms with van der Waals surface area (Å²) < 4.78 is 10.1. The Labute approximate surface area is 112 Å². The number of nitrogens with zero attached hydrogens (tertiary/aromatic N) is 1. The SMILES string of the molecule is COCCOCCCCNC(=O)c1ccncc1O. The molecule has 0 aliphatic heterocycles. The molecule has 1 aromatic heterocycles. The summed E-state index contributed by atoms with van der Waals surface area (Å²) in [6.45, 7) is 2.39. The van der Waals surface area contributed by atoms with E-state index in [-0.39, 0.29) is 17.2 Å². The van der Waals surface area contributed by atoms with Gasteiger partial charge in [0.25, 0.3) is 5.91 Å². The number of methoxy groups -OCH3 is 1. The van der Waals surface area contributed by atoms with E-state index in [0.717, 1.165) is 12.8 Å². The first-order valence-electron chi connectivity index (χ1n) is 6.23. The molecule has 0 aliphatic rings. The van der Waals surface area contributed by atoms with Crippen molar-refractivity contribution in [2.75, 3.05) is 33.5 Å². The van der Waals surface area contributed by atoms with Gasteiger partial charge in [-0.3, -0.25) is 9.78 Å². The topological polar surface area (TPSA) is 80.7 Å². The molecule has 0 saturated heterocycles. The van der Waals surface area contributed by atoms with Crippen LogP contribution in [-0.4, -0.2) is 49.5 Å². The molecule has 0 aromatic carbocycles. The summed E-state index contributed by atoms with van der Waals surface area (Å²) in [6.07, 6.45) is 4.41. The lowest BCUT2D eigenvalue weighted by Crippen LogP contribution is -2.24. The van der Waals surface area contributed by atoms with E-state index in [1.807, 2.05) is 0 Å². The summed E-state index contributed by atoms with van der Waals surface area (Å²) in [6, 6.07) is 1.48. The Kier molecular flexibility index (Phi) is 7.53. The zero-order valence-corrected chi connectivity index (χ0v) is 11.1. The molecule has 0 fully saturated rings. The average Bonchev–Trinajstić information content (AvgIpc) is 2.42. The molecule has 0 aliphatic carbocycles. The van der Waals surface area contributed by atoms with Gasteiger partial charge >= 0.3 is 0 Å². The minimum Gasteiger partial charge on any atom is -0.505 e. The van der Waals surface area contributed by atoms with E-state index in [1.54, 1.807) is 7.11 Å². The summed E-state index contributed by atoms with van der Waals surface area (Å²) >= 11 is 0. The van der Waals surface area contributed by atoms with Crippen molar-refractivity contribution in [3.8, 4) is 5.75 Å². The normalized spacial score (nSPS) is 10.4. The molecule has 106 valence electrons. The predicted octanol–water partition coefficient (Wildman–Crippen LogP) is 0.960. The first kappa shape index (κ1) is 15.4. The lowest BCUT2D eigenvalue weighted by atomic mass is 10.2. The van der Waals surface area contributed by atoms with Gasteiger partial charge in [0.15, 0.2) is 0 Å². The molecule has 1 rings (SSSR count). The van der Waals surface area contributed by atoms with Gasteiger partial charge in [0.2, 0.25) is 0 Å². The first-order valence-corrected chi connectivity index (χ1v) is 6.23. The summed E-state index contributed by atoms with van der Waals surface area (Å²) in [5, 5.41) is 12.2. The number of rotatable bonds is 9. The van der Waals surface area contributed by atoms with Gasteiger partial charge in [0.05, 0.1) is 25.0 Å². The van der Waals surface area contributed by atoms with E-state index >= 15 is 0 Å². The van der Waals surface area contributed by atoms with Gasteiger partial charge in [-0.25, -0.2) is 0 Å². The molecular weight excluding hydrogens is 248 g/mol. The Morgan fingerprint density at radius 1 is 1.37 bits per heavy atom. The Balaban J connectivity index is 2.10. The maximum Gasteiger partial charge on any atom is 0.255 e. The molecule has 2 N–H and O–H groups in total. The number of aromatic hydroxyl groups is 1. The van der Waals surface area contributed by atoms with Gasteiger partial charge in [-0.05, 0) is 18.9 Å². The van der Waals surface area contributed by atoms with Gasteiger partial charge in [-0.2, -0.15) is 0 Å². The Morgan fingerprint density at radius 3 is 2.95 bits per heavy atom. The van der Waals surface area contributed by atoms with Crippen LogP contribution in [0.1, 0.15) is 23.2 Å². The van der Waals surface area contributed by atoms with Gasteiger partial charge in [-0.15, -0.1) is 0 Å². The number of amides is 1. The largest absolute Gasteiger partial charge is 0.505 e. The molecule has 0 spiro atoms. The van der Waals surface area contributed by atoms with Crippen LogP contribution in [0.2, 0.25) is 0 Å². The van der Waals surface area contributed by atoms with E-state index in [2.05, 4.69) is 10.3 Å². The number of aromatic nitrogens is 1. The standard InChI is InChI=1S/C13H20N2O4/c1-18-8-9-19-7-3-2-5-15-13(17)11-4-6-14-10-12(11)16/h4,6,10,16H,2-3,5,7-9H2,1H3,(H,15,17). The summed E-state index contributed by atoms with van der Waals surface area (Å²) in [7, 11) is 1.63. The molecular formula is C13H20N2O4. The second-order valence-electron chi connectivity index (χ2n) is 3.96. The fourth-order valence-electron chi connectivity index (χ4n) is 1.45. The molecule has 1 aromatic rings. The number of hydrogen-bond donors (Lipinski definition) is 2. The highest BCUT2D eigenvalue weighted by atomic mass is 16.5. The van der Waals surface area contributed by atoms with Crippen molar-refractivity contribution >= 4 is 5.91 Å². The third-order valence-electron chi connectivity index (χ3n) is 2.48. The average molecular weight is 268 g/mol. The first-order chi connectivity index (χ1) is 9.25. The molecule has 0 saturated carbocycles. The van der Waals surface area contributed by atoms with Gasteiger partial charge < -0.3 is 19.9 Å². The fraction of sp³-hybridized carbons (Fsp3) is 0.538. The molecule has 1 amide bonds. The molecule has 19 heavy (non-hydrogen) atoms. The Morgan fingerprint density at radius 2 is 2.21 bits per heavy atom. The van der Waals surface area contributed by atoms with Crippen molar-refractivity contribution in [2.24, 2.45) is 0 Å². The lowest BCUT2D eigenvalue weighted by Gasteiger charge is -2.06. The third kappa shape index (κ3) is 6.17. The van der Waals surface area contributed by atoms with Gasteiger partial charge in [-0.1, -0.05) is 0 Å². The van der Waals surface area contributed by atoms with Crippen molar-refractivity contribution in [3.63, 3.8) is 0 Å². The van der Waals surface area contributed by atoms with E-state index < -0.39 is 0 Å². The van der Waals surface area contributed by atoms with Gasteiger partial charge in [0.1, 0.15) is 5.75 Å². The van der Waals surface area contributed by atoms with Crippen LogP contribution in [0.4, 0.5) is 0 Å². The maximum atomic E-state index is 11.7. The molecule has 6 heteroatoms. The van der Waals surface area contributed by atoms with Crippen LogP contribution in [0.5, 0.6) is 5.75 Å². The second kappa shape index (κ2) is 9.29. The molecule has 1 heterocycles. The minimum absolute atomic E-state index is 0.108. The number of ether oxygens (including phenoxy) is 2. The van der Waals surface area contributed by atoms with Crippen molar-refractivity contribution in [1.29, 1.82) is 0 Å². The van der Waals surface area contributed by atoms with E-state index in [1.165, 1.54) is 18.5 Å². The van der Waals surface area contributed by atoms with Crippen LogP contribution in [0.3, 0.4) is 0 Å². The monoisotopic (exact) mass is 268 g/mol. The van der Waals surface area contributed by atoms with Crippen molar-refractivity contribution in [3.05, 3.63) is 24.0 Å². The smallest absolute Gasteiger partial charge is 0.255 e. The second-order valence-corrected chi connectivity index (χ2v) is 3.96. The summed E-state index contributed by atoms with van der Waals surface area (Å²) in [5.41, 5.74) is 0.242. The number of carbonyl (C=O) groups is 1. The van der Waals surface area contributed by atoms with E-state index in [4.69, 9.17) is 9.47 Å². The Bertz CT molecular complexity index is 385. The number of pyridine rings is 1. The Hall–Kier alpha value is -1.66.